The summed E-state index contributed by atoms with van der Waals surface area (Å²) in [7, 11) is -3.95. The number of benzene rings is 2. The highest BCUT2D eigenvalue weighted by Crippen LogP contribution is 2.27. The molecule has 0 radical (unpaired) electrons. The van der Waals surface area contributed by atoms with Gasteiger partial charge in [-0.25, -0.2) is 8.42 Å². The Hall–Kier alpha value is -1.35. The molecule has 1 amide bonds. The summed E-state index contributed by atoms with van der Waals surface area (Å²) in [5.74, 6) is -0.468. The molecule has 1 aliphatic heterocycles. The third-order valence-corrected chi connectivity index (χ3v) is 7.39. The minimum absolute atomic E-state index is 0.0155. The minimum atomic E-state index is -3.95. The maximum absolute atomic E-state index is 12.9. The summed E-state index contributed by atoms with van der Waals surface area (Å²) >= 11 is 17.8. The summed E-state index contributed by atoms with van der Waals surface area (Å²) in [6, 6.07) is 9.78. The van der Waals surface area contributed by atoms with Crippen LogP contribution in [0.1, 0.15) is 12.0 Å². The second-order valence-electron chi connectivity index (χ2n) is 6.71. The van der Waals surface area contributed by atoms with Crippen LogP contribution >= 0.6 is 34.8 Å². The van der Waals surface area contributed by atoms with Gasteiger partial charge >= 0.3 is 0 Å². The van der Waals surface area contributed by atoms with Crippen molar-refractivity contribution in [3.8, 4) is 0 Å². The zero-order valence-electron chi connectivity index (χ0n) is 15.2. The summed E-state index contributed by atoms with van der Waals surface area (Å²) in [5, 5.41) is 14.1. The van der Waals surface area contributed by atoms with Crippen molar-refractivity contribution >= 4 is 50.7 Å². The molecule has 0 spiro atoms. The summed E-state index contributed by atoms with van der Waals surface area (Å²) in [6.45, 7) is 0.119. The lowest BCUT2D eigenvalue weighted by molar-refractivity contribution is -0.124. The second kappa shape index (κ2) is 9.20. The van der Waals surface area contributed by atoms with E-state index in [1.54, 1.807) is 18.2 Å². The quantitative estimate of drug-likeness (QED) is 0.669. The van der Waals surface area contributed by atoms with E-state index in [1.165, 1.54) is 24.3 Å². The molecule has 1 heterocycles. The molecule has 10 heteroatoms. The van der Waals surface area contributed by atoms with Crippen LogP contribution in [-0.2, 0) is 21.2 Å². The number of hydrogen-bond donors (Lipinski definition) is 2. The zero-order chi connectivity index (χ0) is 21.2. The summed E-state index contributed by atoms with van der Waals surface area (Å²) in [5.41, 5.74) is 0.813. The van der Waals surface area contributed by atoms with Crippen molar-refractivity contribution in [2.24, 2.45) is 0 Å². The Morgan fingerprint density at radius 2 is 1.76 bits per heavy atom. The number of halogens is 3. The van der Waals surface area contributed by atoms with Gasteiger partial charge in [-0.1, -0.05) is 40.9 Å². The first-order chi connectivity index (χ1) is 13.7. The molecule has 2 aromatic rings. The molecule has 1 aliphatic rings. The number of aliphatic hydroxyl groups is 1. The van der Waals surface area contributed by atoms with E-state index in [2.05, 4.69) is 5.32 Å². The molecular formula is C19H19Cl3N2O4S. The van der Waals surface area contributed by atoms with Gasteiger partial charge in [0, 0.05) is 34.6 Å². The highest BCUT2D eigenvalue weighted by Gasteiger charge is 2.43. The van der Waals surface area contributed by atoms with E-state index in [0.717, 1.165) is 9.87 Å². The van der Waals surface area contributed by atoms with Crippen molar-refractivity contribution in [1.29, 1.82) is 0 Å². The monoisotopic (exact) mass is 476 g/mol. The van der Waals surface area contributed by atoms with E-state index in [4.69, 9.17) is 34.8 Å². The third-order valence-electron chi connectivity index (χ3n) is 4.67. The zero-order valence-corrected chi connectivity index (χ0v) is 18.3. The number of hydrogen-bond acceptors (Lipinski definition) is 4. The smallest absolute Gasteiger partial charge is 0.243 e. The SMILES string of the molecule is O=C(NCCc1ccc(Cl)cc1Cl)[C@@H]1C[C@H](O)CN1S(=O)(=O)c1ccc(Cl)cc1. The number of amides is 1. The van der Waals surface area contributed by atoms with Crippen LogP contribution < -0.4 is 5.32 Å². The number of sulfonamides is 1. The fourth-order valence-corrected chi connectivity index (χ4v) is 5.46. The first kappa shape index (κ1) is 22.3. The molecule has 2 aromatic carbocycles. The van der Waals surface area contributed by atoms with Gasteiger partial charge < -0.3 is 10.4 Å². The van der Waals surface area contributed by atoms with Crippen molar-refractivity contribution in [2.75, 3.05) is 13.1 Å². The lowest BCUT2D eigenvalue weighted by atomic mass is 10.1. The Balaban J connectivity index is 1.69. The first-order valence-electron chi connectivity index (χ1n) is 8.85. The van der Waals surface area contributed by atoms with Crippen LogP contribution in [0, 0.1) is 0 Å². The number of rotatable bonds is 6. The number of nitrogens with one attached hydrogen (secondary N) is 1. The number of nitrogens with zero attached hydrogens (tertiary/aromatic N) is 1. The number of β-amino-alcohol motifs (C(OH)–C–C–N with tert-alkyl or cyclic N) is 1. The van der Waals surface area contributed by atoms with Gasteiger partial charge in [-0.05, 0) is 48.4 Å². The second-order valence-corrected chi connectivity index (χ2v) is 9.88. The van der Waals surface area contributed by atoms with Gasteiger partial charge in [0.1, 0.15) is 6.04 Å². The van der Waals surface area contributed by atoms with Crippen LogP contribution in [0.3, 0.4) is 0 Å². The number of carbonyl (C=O) groups excluding carboxylic acids is 1. The average Bonchev–Trinajstić information content (AvgIpc) is 3.06. The van der Waals surface area contributed by atoms with Crippen LogP contribution in [0.5, 0.6) is 0 Å². The number of aliphatic hydroxyl groups excluding tert-OH is 1. The largest absolute Gasteiger partial charge is 0.392 e. The average molecular weight is 478 g/mol. The van der Waals surface area contributed by atoms with Crippen molar-refractivity contribution < 1.29 is 18.3 Å². The molecule has 0 aromatic heterocycles. The van der Waals surface area contributed by atoms with Crippen LogP contribution in [0.25, 0.3) is 0 Å². The van der Waals surface area contributed by atoms with E-state index in [1.807, 2.05) is 0 Å². The van der Waals surface area contributed by atoms with Crippen molar-refractivity contribution in [3.63, 3.8) is 0 Å². The Labute approximate surface area is 184 Å². The predicted octanol–water partition coefficient (Wildman–Crippen LogP) is 3.13. The molecule has 1 saturated heterocycles. The summed E-state index contributed by atoms with van der Waals surface area (Å²) in [6.07, 6.45) is -0.431. The van der Waals surface area contributed by atoms with Crippen LogP contribution in [-0.4, -0.2) is 49.0 Å². The van der Waals surface area contributed by atoms with E-state index in [-0.39, 0.29) is 24.4 Å². The van der Waals surface area contributed by atoms with Gasteiger partial charge in [-0.3, -0.25) is 4.79 Å². The molecule has 3 rings (SSSR count). The fraction of sp³-hybridized carbons (Fsp3) is 0.316. The Morgan fingerprint density at radius 3 is 2.41 bits per heavy atom. The fourth-order valence-electron chi connectivity index (χ4n) is 3.19. The van der Waals surface area contributed by atoms with E-state index in [0.29, 0.717) is 21.5 Å². The maximum atomic E-state index is 12.9. The number of carbonyl (C=O) groups is 1. The summed E-state index contributed by atoms with van der Waals surface area (Å²) < 4.78 is 26.9. The van der Waals surface area contributed by atoms with Crippen LogP contribution in [0.2, 0.25) is 15.1 Å². The van der Waals surface area contributed by atoms with Gasteiger partial charge in [-0.2, -0.15) is 4.31 Å². The molecule has 0 bridgehead atoms. The van der Waals surface area contributed by atoms with Crippen LogP contribution in [0.4, 0.5) is 0 Å². The molecule has 0 unspecified atom stereocenters. The van der Waals surface area contributed by atoms with Crippen LogP contribution in [0.15, 0.2) is 47.4 Å². The highest BCUT2D eigenvalue weighted by molar-refractivity contribution is 7.89. The molecule has 29 heavy (non-hydrogen) atoms. The standard InChI is InChI=1S/C19H19Cl3N2O4S/c20-13-3-5-16(6-4-13)29(27,28)24-11-15(25)10-18(24)19(26)23-8-7-12-1-2-14(21)9-17(12)22/h1-6,9,15,18,25H,7-8,10-11H2,(H,23,26)/t15-,18-/m0/s1. The molecule has 0 saturated carbocycles. The van der Waals surface area contributed by atoms with Crippen molar-refractivity contribution in [3.05, 3.63) is 63.1 Å². The van der Waals surface area contributed by atoms with Crippen molar-refractivity contribution in [2.45, 2.75) is 29.9 Å². The lowest BCUT2D eigenvalue weighted by Gasteiger charge is -2.23. The van der Waals surface area contributed by atoms with E-state index >= 15 is 0 Å². The topological polar surface area (TPSA) is 86.7 Å². The normalized spacial score (nSPS) is 20.0. The highest BCUT2D eigenvalue weighted by atomic mass is 35.5. The third kappa shape index (κ3) is 5.23. The van der Waals surface area contributed by atoms with Crippen molar-refractivity contribution in [1.82, 2.24) is 9.62 Å². The Kier molecular flexibility index (Phi) is 7.09. The lowest BCUT2D eigenvalue weighted by Crippen LogP contribution is -2.46. The van der Waals surface area contributed by atoms with Gasteiger partial charge in [0.15, 0.2) is 0 Å². The predicted molar refractivity (Wildman–Crippen MR) is 113 cm³/mol. The Bertz CT molecular complexity index is 999. The summed E-state index contributed by atoms with van der Waals surface area (Å²) in [4.78, 5) is 12.7. The molecule has 6 nitrogen and oxygen atoms in total. The molecule has 2 N–H and O–H groups in total. The minimum Gasteiger partial charge on any atom is -0.392 e. The molecular weight excluding hydrogens is 459 g/mol. The Morgan fingerprint density at radius 1 is 1.10 bits per heavy atom. The maximum Gasteiger partial charge on any atom is 0.243 e. The molecule has 0 aliphatic carbocycles. The van der Waals surface area contributed by atoms with Gasteiger partial charge in [-0.15, -0.1) is 0 Å². The van der Waals surface area contributed by atoms with Gasteiger partial charge in [0.25, 0.3) is 0 Å². The van der Waals surface area contributed by atoms with Gasteiger partial charge in [0.05, 0.1) is 11.0 Å². The van der Waals surface area contributed by atoms with E-state index < -0.39 is 28.1 Å². The van der Waals surface area contributed by atoms with E-state index in [9.17, 15) is 18.3 Å². The molecule has 1 fully saturated rings. The first-order valence-corrected chi connectivity index (χ1v) is 11.4. The molecule has 2 atom stereocenters. The van der Waals surface area contributed by atoms with Gasteiger partial charge in [0.2, 0.25) is 15.9 Å². The molecule has 156 valence electrons.